The summed E-state index contributed by atoms with van der Waals surface area (Å²) in [4.78, 5) is 28.1. The second-order valence-corrected chi connectivity index (χ2v) is 7.51. The van der Waals surface area contributed by atoms with Crippen LogP contribution in [-0.2, 0) is 23.2 Å². The van der Waals surface area contributed by atoms with E-state index in [0.717, 1.165) is 46.5 Å². The van der Waals surface area contributed by atoms with Crippen molar-refractivity contribution in [3.8, 4) is 11.1 Å². The SMILES string of the molecule is CCc1cc([C@]2(c3cccc(-c4cncnc4)c3)NC(N)N(C)C2=O)cc(CC)n1. The van der Waals surface area contributed by atoms with Crippen LogP contribution in [-0.4, -0.2) is 39.1 Å². The van der Waals surface area contributed by atoms with Crippen molar-refractivity contribution in [1.29, 1.82) is 0 Å². The van der Waals surface area contributed by atoms with Crippen molar-refractivity contribution in [3.05, 3.63) is 77.6 Å². The van der Waals surface area contributed by atoms with Gasteiger partial charge in [0, 0.05) is 36.4 Å². The number of hydrogen-bond donors (Lipinski definition) is 2. The fourth-order valence-electron chi connectivity index (χ4n) is 3.96. The number of nitrogens with one attached hydrogen (secondary N) is 1. The Balaban J connectivity index is 1.95. The van der Waals surface area contributed by atoms with E-state index < -0.39 is 11.8 Å². The van der Waals surface area contributed by atoms with Crippen molar-refractivity contribution >= 4 is 5.91 Å². The monoisotopic (exact) mass is 402 g/mol. The minimum absolute atomic E-state index is 0.0910. The average molecular weight is 403 g/mol. The summed E-state index contributed by atoms with van der Waals surface area (Å²) in [7, 11) is 1.72. The zero-order valence-electron chi connectivity index (χ0n) is 17.5. The van der Waals surface area contributed by atoms with Crippen LogP contribution in [0.5, 0.6) is 0 Å². The first-order valence-electron chi connectivity index (χ1n) is 10.2. The third-order valence-corrected chi connectivity index (χ3v) is 5.70. The zero-order valence-corrected chi connectivity index (χ0v) is 17.5. The average Bonchev–Trinajstić information content (AvgIpc) is 3.04. The maximum absolute atomic E-state index is 13.6. The lowest BCUT2D eigenvalue weighted by molar-refractivity contribution is -0.131. The number of pyridine rings is 1. The number of rotatable bonds is 5. The van der Waals surface area contributed by atoms with Crippen molar-refractivity contribution in [2.75, 3.05) is 7.05 Å². The molecule has 0 spiro atoms. The fourth-order valence-corrected chi connectivity index (χ4v) is 3.96. The topological polar surface area (TPSA) is 97.0 Å². The van der Waals surface area contributed by atoms with Gasteiger partial charge in [0.25, 0.3) is 5.91 Å². The molecule has 1 saturated heterocycles. The van der Waals surface area contributed by atoms with Gasteiger partial charge in [-0.25, -0.2) is 9.97 Å². The summed E-state index contributed by atoms with van der Waals surface area (Å²) in [6.07, 6.45) is 6.00. The molecular formula is C23H26N6O. The Kier molecular flexibility index (Phi) is 5.32. The Morgan fingerprint density at radius 3 is 2.27 bits per heavy atom. The highest BCUT2D eigenvalue weighted by Gasteiger charge is 2.51. The van der Waals surface area contributed by atoms with E-state index in [1.165, 1.54) is 6.33 Å². The Labute approximate surface area is 176 Å². The molecule has 3 aromatic rings. The number of nitrogens with zero attached hydrogens (tertiary/aromatic N) is 4. The molecule has 0 radical (unpaired) electrons. The first-order chi connectivity index (χ1) is 14.5. The highest BCUT2D eigenvalue weighted by atomic mass is 16.2. The van der Waals surface area contributed by atoms with Gasteiger partial charge in [0.05, 0.1) is 0 Å². The lowest BCUT2D eigenvalue weighted by atomic mass is 9.81. The Bertz CT molecular complexity index is 1050. The molecule has 1 aliphatic heterocycles. The Morgan fingerprint density at radius 2 is 1.70 bits per heavy atom. The normalized spacial score (nSPS) is 21.3. The van der Waals surface area contributed by atoms with Crippen LogP contribution in [0, 0.1) is 0 Å². The minimum Gasteiger partial charge on any atom is -0.315 e. The smallest absolute Gasteiger partial charge is 0.254 e. The van der Waals surface area contributed by atoms with Crippen molar-refractivity contribution in [3.63, 3.8) is 0 Å². The molecule has 1 aromatic carbocycles. The number of carbonyl (C=O) groups excluding carboxylic acids is 1. The van der Waals surface area contributed by atoms with Crippen LogP contribution in [0.1, 0.15) is 36.4 Å². The van der Waals surface area contributed by atoms with Gasteiger partial charge < -0.3 is 4.90 Å². The predicted molar refractivity (Wildman–Crippen MR) is 115 cm³/mol. The van der Waals surface area contributed by atoms with Crippen molar-refractivity contribution in [2.24, 2.45) is 5.73 Å². The summed E-state index contributed by atoms with van der Waals surface area (Å²) >= 11 is 0. The number of amides is 1. The van der Waals surface area contributed by atoms with Gasteiger partial charge in [-0.2, -0.15) is 0 Å². The molecule has 2 aromatic heterocycles. The molecule has 7 nitrogen and oxygen atoms in total. The van der Waals surface area contributed by atoms with Crippen molar-refractivity contribution in [2.45, 2.75) is 38.5 Å². The summed E-state index contributed by atoms with van der Waals surface area (Å²) < 4.78 is 0. The molecule has 4 rings (SSSR count). The van der Waals surface area contributed by atoms with Crippen molar-refractivity contribution in [1.82, 2.24) is 25.2 Å². The quantitative estimate of drug-likeness (QED) is 0.679. The molecule has 30 heavy (non-hydrogen) atoms. The summed E-state index contributed by atoms with van der Waals surface area (Å²) in [5.74, 6) is -0.0910. The maximum Gasteiger partial charge on any atom is 0.254 e. The van der Waals surface area contributed by atoms with Crippen molar-refractivity contribution < 1.29 is 4.79 Å². The second-order valence-electron chi connectivity index (χ2n) is 7.51. The number of hydrogen-bond acceptors (Lipinski definition) is 6. The van der Waals surface area contributed by atoms with E-state index in [2.05, 4.69) is 29.1 Å². The minimum atomic E-state index is -1.09. The highest BCUT2D eigenvalue weighted by molar-refractivity contribution is 5.94. The summed E-state index contributed by atoms with van der Waals surface area (Å²) in [6, 6.07) is 11.9. The van der Waals surface area contributed by atoms with E-state index in [4.69, 9.17) is 10.7 Å². The first kappa shape index (κ1) is 20.1. The number of nitrogens with two attached hydrogens (primary N) is 1. The van der Waals surface area contributed by atoms with Gasteiger partial charge in [0.1, 0.15) is 12.6 Å². The molecule has 3 heterocycles. The molecule has 1 amide bonds. The first-order valence-corrected chi connectivity index (χ1v) is 10.2. The number of aromatic nitrogens is 3. The highest BCUT2D eigenvalue weighted by Crippen LogP contribution is 2.38. The number of carbonyl (C=O) groups is 1. The molecule has 7 heteroatoms. The van der Waals surface area contributed by atoms with Gasteiger partial charge in [-0.3, -0.25) is 20.8 Å². The van der Waals surface area contributed by atoms with E-state index in [-0.39, 0.29) is 5.91 Å². The fraction of sp³-hybridized carbons (Fsp3) is 0.304. The largest absolute Gasteiger partial charge is 0.315 e. The Morgan fingerprint density at radius 1 is 1.03 bits per heavy atom. The molecule has 1 aliphatic rings. The van der Waals surface area contributed by atoms with Crippen LogP contribution >= 0.6 is 0 Å². The lowest BCUT2D eigenvalue weighted by Crippen LogP contribution is -2.48. The summed E-state index contributed by atoms with van der Waals surface area (Å²) in [5, 5.41) is 3.38. The molecule has 1 unspecified atom stereocenters. The third kappa shape index (κ3) is 3.26. The van der Waals surface area contributed by atoms with Gasteiger partial charge in [0.2, 0.25) is 0 Å². The number of aryl methyl sites for hydroxylation is 2. The zero-order chi connectivity index (χ0) is 21.3. The van der Waals surface area contributed by atoms with Crippen LogP contribution < -0.4 is 11.1 Å². The van der Waals surface area contributed by atoms with E-state index >= 15 is 0 Å². The van der Waals surface area contributed by atoms with E-state index in [0.29, 0.717) is 0 Å². The van der Waals surface area contributed by atoms with Crippen LogP contribution in [0.3, 0.4) is 0 Å². The summed E-state index contributed by atoms with van der Waals surface area (Å²) in [6.45, 7) is 4.13. The van der Waals surface area contributed by atoms with Gasteiger partial charge in [-0.05, 0) is 47.7 Å². The number of benzene rings is 1. The van der Waals surface area contributed by atoms with Crippen LogP contribution in [0.2, 0.25) is 0 Å². The third-order valence-electron chi connectivity index (χ3n) is 5.70. The van der Waals surface area contributed by atoms with E-state index in [1.807, 2.05) is 36.4 Å². The molecular weight excluding hydrogens is 376 g/mol. The standard InChI is InChI=1S/C23H26N6O/c1-4-19-10-18(11-20(5-2)27-19)23(21(30)29(3)22(24)28-23)17-8-6-7-15(9-17)16-12-25-14-26-13-16/h6-14,22,28H,4-5,24H2,1-3H3/t22?,23-/m0/s1. The molecule has 154 valence electrons. The van der Waals surface area contributed by atoms with Crippen LogP contribution in [0.25, 0.3) is 11.1 Å². The maximum atomic E-state index is 13.6. The molecule has 0 saturated carbocycles. The van der Waals surface area contributed by atoms with Crippen LogP contribution in [0.4, 0.5) is 0 Å². The molecule has 2 atom stereocenters. The summed E-state index contributed by atoms with van der Waals surface area (Å²) in [5.41, 5.74) is 10.6. The molecule has 3 N–H and O–H groups in total. The predicted octanol–water partition coefficient (Wildman–Crippen LogP) is 2.21. The van der Waals surface area contributed by atoms with Crippen LogP contribution in [0.15, 0.2) is 55.1 Å². The molecule has 0 aliphatic carbocycles. The van der Waals surface area contributed by atoms with E-state index in [9.17, 15) is 4.79 Å². The number of likely N-dealkylation sites (N-methyl/N-ethyl adjacent to an activating group) is 1. The second kappa shape index (κ2) is 7.93. The lowest BCUT2D eigenvalue weighted by Gasteiger charge is -2.29. The van der Waals surface area contributed by atoms with Gasteiger partial charge in [-0.1, -0.05) is 32.0 Å². The molecule has 0 bridgehead atoms. The van der Waals surface area contributed by atoms with E-state index in [1.54, 1.807) is 24.3 Å². The van der Waals surface area contributed by atoms with Gasteiger partial charge in [0.15, 0.2) is 5.54 Å². The Hall–Kier alpha value is -3.16. The van der Waals surface area contributed by atoms with Gasteiger partial charge in [-0.15, -0.1) is 0 Å². The molecule has 1 fully saturated rings. The van der Waals surface area contributed by atoms with Gasteiger partial charge >= 0.3 is 0 Å².